The smallest absolute Gasteiger partial charge is 0.135 e. The minimum absolute atomic E-state index is 0.0141. The van der Waals surface area contributed by atoms with E-state index in [9.17, 15) is 4.39 Å². The zero-order valence-electron chi connectivity index (χ0n) is 10.2. The van der Waals surface area contributed by atoms with Crippen molar-refractivity contribution >= 4 is 40.2 Å². The molecule has 0 amide bonds. The summed E-state index contributed by atoms with van der Waals surface area (Å²) in [6, 6.07) is 10.1. The van der Waals surface area contributed by atoms with Crippen LogP contribution in [0, 0.1) is 12.7 Å². The second-order valence-electron chi connectivity index (χ2n) is 4.06. The van der Waals surface area contributed by atoms with E-state index in [1.807, 2.05) is 19.1 Å². The molecule has 2 aromatic carbocycles. The van der Waals surface area contributed by atoms with Gasteiger partial charge in [0.1, 0.15) is 10.8 Å². The van der Waals surface area contributed by atoms with Crippen molar-refractivity contribution in [3.8, 4) is 0 Å². The zero-order valence-corrected chi connectivity index (χ0v) is 11.8. The van der Waals surface area contributed by atoms with E-state index in [0.29, 0.717) is 10.7 Å². The van der Waals surface area contributed by atoms with Gasteiger partial charge in [0.25, 0.3) is 0 Å². The van der Waals surface area contributed by atoms with E-state index in [1.165, 1.54) is 6.07 Å². The SMILES string of the molecule is Cc1c(Cl)cccc1Nc1cccc(F)c1C(N)=S. The summed E-state index contributed by atoms with van der Waals surface area (Å²) in [5, 5.41) is 3.75. The van der Waals surface area contributed by atoms with Gasteiger partial charge < -0.3 is 11.1 Å². The monoisotopic (exact) mass is 294 g/mol. The third-order valence-electron chi connectivity index (χ3n) is 2.80. The van der Waals surface area contributed by atoms with Crippen molar-refractivity contribution in [3.63, 3.8) is 0 Å². The van der Waals surface area contributed by atoms with E-state index >= 15 is 0 Å². The molecule has 0 heterocycles. The summed E-state index contributed by atoms with van der Waals surface area (Å²) in [6.45, 7) is 1.88. The highest BCUT2D eigenvalue weighted by Crippen LogP contribution is 2.28. The summed E-state index contributed by atoms with van der Waals surface area (Å²) in [6.07, 6.45) is 0. The molecule has 0 aliphatic carbocycles. The van der Waals surface area contributed by atoms with Crippen LogP contribution in [0.4, 0.5) is 15.8 Å². The first-order valence-electron chi connectivity index (χ1n) is 5.61. The van der Waals surface area contributed by atoms with Gasteiger partial charge in [-0.2, -0.15) is 0 Å². The first-order chi connectivity index (χ1) is 9.00. The number of nitrogens with two attached hydrogens (primary N) is 1. The molecule has 98 valence electrons. The third kappa shape index (κ3) is 2.85. The minimum atomic E-state index is -0.447. The maximum Gasteiger partial charge on any atom is 0.135 e. The lowest BCUT2D eigenvalue weighted by Gasteiger charge is -2.14. The Balaban J connectivity index is 2.47. The predicted molar refractivity (Wildman–Crippen MR) is 81.8 cm³/mol. The van der Waals surface area contributed by atoms with Gasteiger partial charge in [0.2, 0.25) is 0 Å². The van der Waals surface area contributed by atoms with E-state index in [4.69, 9.17) is 29.6 Å². The Bertz CT molecular complexity index is 643. The van der Waals surface area contributed by atoms with Gasteiger partial charge in [-0.15, -0.1) is 0 Å². The second kappa shape index (κ2) is 5.55. The van der Waals surface area contributed by atoms with Crippen molar-refractivity contribution in [3.05, 3.63) is 58.4 Å². The number of benzene rings is 2. The highest BCUT2D eigenvalue weighted by atomic mass is 35.5. The van der Waals surface area contributed by atoms with Crippen LogP contribution in [0.1, 0.15) is 11.1 Å². The minimum Gasteiger partial charge on any atom is -0.389 e. The second-order valence-corrected chi connectivity index (χ2v) is 4.91. The van der Waals surface area contributed by atoms with Crippen molar-refractivity contribution in [2.45, 2.75) is 6.92 Å². The molecular formula is C14H12ClFN2S. The van der Waals surface area contributed by atoms with Gasteiger partial charge in [0, 0.05) is 10.7 Å². The Kier molecular flexibility index (Phi) is 4.02. The number of nitrogens with one attached hydrogen (secondary N) is 1. The summed E-state index contributed by atoms with van der Waals surface area (Å²) in [4.78, 5) is 0.0141. The fraction of sp³-hybridized carbons (Fsp3) is 0.0714. The fourth-order valence-corrected chi connectivity index (χ4v) is 2.15. The first kappa shape index (κ1) is 13.8. The molecule has 0 fully saturated rings. The van der Waals surface area contributed by atoms with Crippen LogP contribution in [0.3, 0.4) is 0 Å². The molecular weight excluding hydrogens is 283 g/mol. The lowest BCUT2D eigenvalue weighted by molar-refractivity contribution is 0.626. The molecule has 0 saturated carbocycles. The summed E-state index contributed by atoms with van der Waals surface area (Å²) in [5.74, 6) is -0.447. The van der Waals surface area contributed by atoms with Crippen LogP contribution in [0.15, 0.2) is 36.4 Å². The third-order valence-corrected chi connectivity index (χ3v) is 3.41. The molecule has 0 saturated heterocycles. The Morgan fingerprint density at radius 2 is 1.84 bits per heavy atom. The fourth-order valence-electron chi connectivity index (χ4n) is 1.77. The van der Waals surface area contributed by atoms with E-state index in [-0.39, 0.29) is 10.6 Å². The number of thiocarbonyl (C=S) groups is 1. The molecule has 0 aromatic heterocycles. The van der Waals surface area contributed by atoms with Crippen molar-refractivity contribution < 1.29 is 4.39 Å². The largest absolute Gasteiger partial charge is 0.389 e. The van der Waals surface area contributed by atoms with Crippen LogP contribution < -0.4 is 11.1 Å². The molecule has 0 aliphatic heterocycles. The molecule has 2 rings (SSSR count). The Labute approximate surface area is 121 Å². The van der Waals surface area contributed by atoms with Crippen molar-refractivity contribution in [1.82, 2.24) is 0 Å². The zero-order chi connectivity index (χ0) is 14.0. The normalized spacial score (nSPS) is 10.3. The van der Waals surface area contributed by atoms with Gasteiger partial charge in [-0.3, -0.25) is 0 Å². The van der Waals surface area contributed by atoms with E-state index in [1.54, 1.807) is 18.2 Å². The first-order valence-corrected chi connectivity index (χ1v) is 6.40. The Hall–Kier alpha value is -1.65. The Morgan fingerprint density at radius 1 is 1.21 bits per heavy atom. The van der Waals surface area contributed by atoms with Gasteiger partial charge in [-0.25, -0.2) is 4.39 Å². The summed E-state index contributed by atoms with van der Waals surface area (Å²) in [5.41, 5.74) is 7.96. The number of anilines is 2. The molecule has 0 radical (unpaired) electrons. The van der Waals surface area contributed by atoms with E-state index in [2.05, 4.69) is 5.32 Å². The van der Waals surface area contributed by atoms with Gasteiger partial charge in [0.05, 0.1) is 11.3 Å². The topological polar surface area (TPSA) is 38.0 Å². The molecule has 0 bridgehead atoms. The van der Waals surface area contributed by atoms with Crippen LogP contribution >= 0.6 is 23.8 Å². The molecule has 2 aromatic rings. The summed E-state index contributed by atoms with van der Waals surface area (Å²) >= 11 is 10.9. The Morgan fingerprint density at radius 3 is 2.53 bits per heavy atom. The highest BCUT2D eigenvalue weighted by molar-refractivity contribution is 7.80. The molecule has 0 unspecified atom stereocenters. The lowest BCUT2D eigenvalue weighted by atomic mass is 10.1. The van der Waals surface area contributed by atoms with Crippen LogP contribution in [0.2, 0.25) is 5.02 Å². The molecule has 19 heavy (non-hydrogen) atoms. The number of rotatable bonds is 3. The number of hydrogen-bond donors (Lipinski definition) is 2. The van der Waals surface area contributed by atoms with Gasteiger partial charge in [0.15, 0.2) is 0 Å². The standard InChI is InChI=1S/C14H12ClFN2S/c1-8-9(15)4-2-6-11(8)18-12-7-3-5-10(16)13(12)14(17)19/h2-7,18H,1H3,(H2,17,19). The molecule has 0 atom stereocenters. The van der Waals surface area contributed by atoms with Crippen molar-refractivity contribution in [2.24, 2.45) is 5.73 Å². The molecule has 2 nitrogen and oxygen atoms in total. The molecule has 0 aliphatic rings. The van der Waals surface area contributed by atoms with Crippen LogP contribution in [0.5, 0.6) is 0 Å². The van der Waals surface area contributed by atoms with Crippen LogP contribution in [-0.2, 0) is 0 Å². The highest BCUT2D eigenvalue weighted by Gasteiger charge is 2.12. The number of halogens is 2. The van der Waals surface area contributed by atoms with Gasteiger partial charge >= 0.3 is 0 Å². The quantitative estimate of drug-likeness (QED) is 0.835. The summed E-state index contributed by atoms with van der Waals surface area (Å²) in [7, 11) is 0. The number of hydrogen-bond acceptors (Lipinski definition) is 2. The van der Waals surface area contributed by atoms with Crippen molar-refractivity contribution in [2.75, 3.05) is 5.32 Å². The summed E-state index contributed by atoms with van der Waals surface area (Å²) < 4.78 is 13.7. The molecule has 0 spiro atoms. The van der Waals surface area contributed by atoms with Crippen LogP contribution in [0.25, 0.3) is 0 Å². The average molecular weight is 295 g/mol. The van der Waals surface area contributed by atoms with Gasteiger partial charge in [-0.05, 0) is 36.8 Å². The van der Waals surface area contributed by atoms with Crippen molar-refractivity contribution in [1.29, 1.82) is 0 Å². The van der Waals surface area contributed by atoms with E-state index < -0.39 is 5.82 Å². The maximum absolute atomic E-state index is 13.7. The average Bonchev–Trinajstić information content (AvgIpc) is 2.34. The molecule has 3 N–H and O–H groups in total. The van der Waals surface area contributed by atoms with Crippen LogP contribution in [-0.4, -0.2) is 4.99 Å². The molecule has 5 heteroatoms. The van der Waals surface area contributed by atoms with E-state index in [0.717, 1.165) is 11.3 Å². The maximum atomic E-state index is 13.7. The van der Waals surface area contributed by atoms with Gasteiger partial charge in [-0.1, -0.05) is 36.0 Å². The predicted octanol–water partition coefficient (Wildman–Crippen LogP) is 4.17. The lowest BCUT2D eigenvalue weighted by Crippen LogP contribution is -2.14.